The maximum Gasteiger partial charge on any atom is 0.303 e. The van der Waals surface area contributed by atoms with Crippen LogP contribution in [0.15, 0.2) is 30.4 Å². The first kappa shape index (κ1) is 21.4. The second-order valence-corrected chi connectivity index (χ2v) is 8.13. The van der Waals surface area contributed by atoms with Crippen molar-refractivity contribution >= 4 is 5.97 Å². The molecular weight excluding hydrogens is 368 g/mol. The van der Waals surface area contributed by atoms with Crippen LogP contribution in [0.5, 0.6) is 5.75 Å². The topological polar surface area (TPSA) is 87.0 Å². The molecule has 5 nitrogen and oxygen atoms in total. The molecule has 1 heterocycles. The largest absolute Gasteiger partial charge is 0.489 e. The molecule has 3 N–H and O–H groups in total. The lowest BCUT2D eigenvalue weighted by atomic mass is 9.86. The van der Waals surface area contributed by atoms with Crippen molar-refractivity contribution < 1.29 is 24.9 Å². The van der Waals surface area contributed by atoms with Crippen LogP contribution in [0.4, 0.5) is 0 Å². The normalized spacial score (nSPS) is 26.9. The number of carboxylic acid groups (broad SMARTS) is 1. The summed E-state index contributed by atoms with van der Waals surface area (Å²) >= 11 is 0. The fourth-order valence-electron chi connectivity index (χ4n) is 4.41. The van der Waals surface area contributed by atoms with Crippen molar-refractivity contribution in [3.05, 3.63) is 41.5 Å². The molecule has 5 heteroatoms. The quantitative estimate of drug-likeness (QED) is 0.462. The molecular formula is C24H30O5. The Hall–Kier alpha value is -2.29. The summed E-state index contributed by atoms with van der Waals surface area (Å²) in [6.07, 6.45) is 5.07. The SMILES string of the molecule is CC#CCC(C)C(O)C=CC1C(O)CC2Oc3c(CCCC(=O)O)cccc3C21. The molecule has 6 atom stereocenters. The van der Waals surface area contributed by atoms with Crippen molar-refractivity contribution in [3.8, 4) is 17.6 Å². The van der Waals surface area contributed by atoms with Crippen LogP contribution >= 0.6 is 0 Å². The average Bonchev–Trinajstić information content (AvgIpc) is 3.19. The lowest BCUT2D eigenvalue weighted by molar-refractivity contribution is -0.137. The van der Waals surface area contributed by atoms with Gasteiger partial charge in [0.15, 0.2) is 0 Å². The van der Waals surface area contributed by atoms with Crippen molar-refractivity contribution in [3.63, 3.8) is 0 Å². The standard InChI is InChI=1S/C24H30O5/c1-3-4-7-15(2)19(25)13-12-17-20(26)14-21-23(17)18-10-5-8-16(24(18)29-21)9-6-11-22(27)28/h5,8,10,12-13,15,17,19-21,23,25-26H,6-7,9,11,14H2,1-2H3,(H,27,28). The minimum absolute atomic E-state index is 0.0287. The summed E-state index contributed by atoms with van der Waals surface area (Å²) in [6, 6.07) is 6.01. The first-order chi connectivity index (χ1) is 13.9. The van der Waals surface area contributed by atoms with Gasteiger partial charge >= 0.3 is 5.97 Å². The van der Waals surface area contributed by atoms with Crippen LogP contribution in [0.1, 0.15) is 56.6 Å². The van der Waals surface area contributed by atoms with Crippen LogP contribution in [-0.4, -0.2) is 39.6 Å². The highest BCUT2D eigenvalue weighted by molar-refractivity contribution is 5.66. The number of aliphatic carboxylic acids is 1. The minimum atomic E-state index is -0.790. The summed E-state index contributed by atoms with van der Waals surface area (Å²) in [5.74, 6) is 5.87. The van der Waals surface area contributed by atoms with E-state index in [9.17, 15) is 15.0 Å². The Morgan fingerprint density at radius 3 is 2.93 bits per heavy atom. The number of aliphatic hydroxyl groups excluding tert-OH is 2. The van der Waals surface area contributed by atoms with Gasteiger partial charge in [0, 0.05) is 36.7 Å². The molecule has 0 bridgehead atoms. The second kappa shape index (κ2) is 9.47. The molecule has 1 saturated carbocycles. The van der Waals surface area contributed by atoms with Gasteiger partial charge in [0.25, 0.3) is 0 Å². The number of hydrogen-bond donors (Lipinski definition) is 3. The number of aliphatic hydroxyl groups is 2. The van der Waals surface area contributed by atoms with E-state index in [1.807, 2.05) is 31.2 Å². The Balaban J connectivity index is 1.75. The van der Waals surface area contributed by atoms with E-state index in [-0.39, 0.29) is 30.3 Å². The fraction of sp³-hybridized carbons (Fsp3) is 0.542. The molecule has 0 amide bonds. The Morgan fingerprint density at radius 1 is 1.41 bits per heavy atom. The minimum Gasteiger partial charge on any atom is -0.489 e. The van der Waals surface area contributed by atoms with Gasteiger partial charge in [0.05, 0.1) is 12.2 Å². The lowest BCUT2D eigenvalue weighted by Crippen LogP contribution is -2.19. The zero-order valence-electron chi connectivity index (χ0n) is 17.0. The van der Waals surface area contributed by atoms with E-state index < -0.39 is 18.2 Å². The van der Waals surface area contributed by atoms with Gasteiger partial charge in [0.2, 0.25) is 0 Å². The summed E-state index contributed by atoms with van der Waals surface area (Å²) in [5, 5.41) is 29.9. The zero-order chi connectivity index (χ0) is 21.0. The van der Waals surface area contributed by atoms with Crippen molar-refractivity contribution in [1.29, 1.82) is 0 Å². The molecule has 0 aromatic heterocycles. The van der Waals surface area contributed by atoms with Crippen LogP contribution in [0.25, 0.3) is 0 Å². The molecule has 0 spiro atoms. The van der Waals surface area contributed by atoms with E-state index >= 15 is 0 Å². The number of para-hydroxylation sites is 1. The Morgan fingerprint density at radius 2 is 2.21 bits per heavy atom. The van der Waals surface area contributed by atoms with E-state index in [0.29, 0.717) is 25.7 Å². The predicted octanol–water partition coefficient (Wildman–Crippen LogP) is 3.29. The van der Waals surface area contributed by atoms with Crippen molar-refractivity contribution in [2.24, 2.45) is 11.8 Å². The molecule has 0 saturated heterocycles. The van der Waals surface area contributed by atoms with Crippen LogP contribution in [0.2, 0.25) is 0 Å². The smallest absolute Gasteiger partial charge is 0.303 e. The number of carbonyl (C=O) groups is 1. The van der Waals surface area contributed by atoms with Gasteiger partial charge in [-0.3, -0.25) is 4.79 Å². The van der Waals surface area contributed by atoms with Crippen LogP contribution in [0.3, 0.4) is 0 Å². The molecule has 29 heavy (non-hydrogen) atoms. The third-order valence-corrected chi connectivity index (χ3v) is 6.04. The van der Waals surface area contributed by atoms with Gasteiger partial charge in [-0.2, -0.15) is 0 Å². The van der Waals surface area contributed by atoms with Gasteiger partial charge < -0.3 is 20.1 Å². The number of fused-ring (bicyclic) bond motifs is 3. The van der Waals surface area contributed by atoms with E-state index in [1.54, 1.807) is 13.0 Å². The number of carboxylic acids is 1. The van der Waals surface area contributed by atoms with Crippen LogP contribution < -0.4 is 4.74 Å². The average molecular weight is 398 g/mol. The molecule has 1 aromatic carbocycles. The Labute approximate surface area is 172 Å². The number of benzene rings is 1. The third-order valence-electron chi connectivity index (χ3n) is 6.04. The summed E-state index contributed by atoms with van der Waals surface area (Å²) in [7, 11) is 0. The molecule has 1 aliphatic heterocycles. The molecule has 1 aromatic rings. The first-order valence-electron chi connectivity index (χ1n) is 10.4. The lowest BCUT2D eigenvalue weighted by Gasteiger charge is -2.19. The monoisotopic (exact) mass is 398 g/mol. The molecule has 1 fully saturated rings. The van der Waals surface area contributed by atoms with E-state index in [2.05, 4.69) is 11.8 Å². The summed E-state index contributed by atoms with van der Waals surface area (Å²) in [6.45, 7) is 3.75. The first-order valence-corrected chi connectivity index (χ1v) is 10.4. The maximum absolute atomic E-state index is 10.8. The zero-order valence-corrected chi connectivity index (χ0v) is 17.0. The number of rotatable bonds is 8. The predicted molar refractivity (Wildman–Crippen MR) is 111 cm³/mol. The van der Waals surface area contributed by atoms with Gasteiger partial charge in [0.1, 0.15) is 11.9 Å². The van der Waals surface area contributed by atoms with Crippen molar-refractivity contribution in [2.45, 2.75) is 70.2 Å². The highest BCUT2D eigenvalue weighted by Gasteiger charge is 2.48. The number of hydrogen-bond acceptors (Lipinski definition) is 4. The Kier molecular flexibility index (Phi) is 7.00. The third kappa shape index (κ3) is 4.83. The van der Waals surface area contributed by atoms with Crippen LogP contribution in [-0.2, 0) is 11.2 Å². The van der Waals surface area contributed by atoms with E-state index in [1.165, 1.54) is 0 Å². The highest BCUT2D eigenvalue weighted by atomic mass is 16.5. The molecule has 2 aliphatic rings. The summed E-state index contributed by atoms with van der Waals surface area (Å²) in [5.41, 5.74) is 2.11. The van der Waals surface area contributed by atoms with Gasteiger partial charge in [-0.15, -0.1) is 11.8 Å². The van der Waals surface area contributed by atoms with Gasteiger partial charge in [-0.25, -0.2) is 0 Å². The molecule has 0 radical (unpaired) electrons. The van der Waals surface area contributed by atoms with Crippen LogP contribution in [0, 0.1) is 23.7 Å². The van der Waals surface area contributed by atoms with Gasteiger partial charge in [-0.1, -0.05) is 37.3 Å². The van der Waals surface area contributed by atoms with Crippen molar-refractivity contribution in [2.75, 3.05) is 0 Å². The van der Waals surface area contributed by atoms with E-state index in [4.69, 9.17) is 9.84 Å². The van der Waals surface area contributed by atoms with Crippen molar-refractivity contribution in [1.82, 2.24) is 0 Å². The fourth-order valence-corrected chi connectivity index (χ4v) is 4.41. The molecule has 1 aliphatic carbocycles. The van der Waals surface area contributed by atoms with E-state index in [0.717, 1.165) is 16.9 Å². The molecule has 3 rings (SSSR count). The molecule has 6 unspecified atom stereocenters. The maximum atomic E-state index is 10.8. The Bertz CT molecular complexity index is 818. The number of ether oxygens (including phenoxy) is 1. The second-order valence-electron chi connectivity index (χ2n) is 8.13. The highest BCUT2D eigenvalue weighted by Crippen LogP contribution is 2.52. The summed E-state index contributed by atoms with van der Waals surface area (Å²) in [4.78, 5) is 10.8. The van der Waals surface area contributed by atoms with Gasteiger partial charge in [-0.05, 0) is 31.2 Å². The molecule has 156 valence electrons. The summed E-state index contributed by atoms with van der Waals surface area (Å²) < 4.78 is 6.21. The number of aryl methyl sites for hydroxylation is 1.